The van der Waals surface area contributed by atoms with Gasteiger partial charge in [0.25, 0.3) is 11.4 Å². The molecule has 0 bridgehead atoms. The van der Waals surface area contributed by atoms with E-state index in [1.165, 1.54) is 18.2 Å². The minimum absolute atomic E-state index is 0.274. The van der Waals surface area contributed by atoms with Crippen molar-refractivity contribution in [3.05, 3.63) is 44.5 Å². The molecule has 1 aromatic rings. The van der Waals surface area contributed by atoms with E-state index < -0.39 is 9.85 Å². The van der Waals surface area contributed by atoms with Gasteiger partial charge in [-0.2, -0.15) is 0 Å². The Hall–Kier alpha value is -0.970. The fourth-order valence-corrected chi connectivity index (χ4v) is 0.720. The standard InChI is InChI=1S/C6H4N2O4.H2OS3/c9-7(10)5-2-1-3-6(4-5)8(11)12;1-3-4-2/h1-4H;1-2H. The number of rotatable bonds is 3. The molecule has 0 fully saturated rings. The predicted octanol–water partition coefficient (Wildman–Crippen LogP) is 3.19. The van der Waals surface area contributed by atoms with Gasteiger partial charge in [0.15, 0.2) is 0 Å². The molecule has 0 aliphatic carbocycles. The summed E-state index contributed by atoms with van der Waals surface area (Å²) in [6.07, 6.45) is 0. The summed E-state index contributed by atoms with van der Waals surface area (Å²) in [5, 5.41) is 20.3. The van der Waals surface area contributed by atoms with Crippen LogP contribution in [0.15, 0.2) is 24.3 Å². The topological polar surface area (TPSA) is 107 Å². The quantitative estimate of drug-likeness (QED) is 0.288. The summed E-state index contributed by atoms with van der Waals surface area (Å²) in [4.78, 5) is 19.0. The zero-order valence-corrected chi connectivity index (χ0v) is 10.1. The molecular weight excluding hydrogens is 276 g/mol. The molecule has 0 heterocycles. The van der Waals surface area contributed by atoms with Crippen molar-refractivity contribution in [2.75, 3.05) is 0 Å². The number of nitro benzene ring substituents is 2. The summed E-state index contributed by atoms with van der Waals surface area (Å²) in [7, 11) is 1.02. The summed E-state index contributed by atoms with van der Waals surface area (Å²) in [6, 6.07) is 4.59. The van der Waals surface area contributed by atoms with E-state index in [4.69, 9.17) is 4.55 Å². The van der Waals surface area contributed by atoms with E-state index in [0.717, 1.165) is 15.9 Å². The van der Waals surface area contributed by atoms with Gasteiger partial charge < -0.3 is 4.55 Å². The molecular formula is C6H6N2O5S3. The lowest BCUT2D eigenvalue weighted by Gasteiger charge is -1.90. The van der Waals surface area contributed by atoms with Gasteiger partial charge in [-0.25, -0.2) is 0 Å². The van der Waals surface area contributed by atoms with Gasteiger partial charge in [-0.3, -0.25) is 20.2 Å². The van der Waals surface area contributed by atoms with E-state index in [1.807, 2.05) is 0 Å². The Labute approximate surface area is 103 Å². The predicted molar refractivity (Wildman–Crippen MR) is 66.5 cm³/mol. The zero-order valence-electron chi connectivity index (χ0n) is 7.55. The summed E-state index contributed by atoms with van der Waals surface area (Å²) in [5.74, 6) is 0. The molecule has 1 N–H and O–H groups in total. The van der Waals surface area contributed by atoms with Crippen molar-refractivity contribution >= 4 is 43.9 Å². The third kappa shape index (κ3) is 5.80. The smallest absolute Gasteiger partial charge is 0.276 e. The number of hydrogen-bond acceptors (Lipinski definition) is 8. The highest BCUT2D eigenvalue weighted by atomic mass is 33.5. The van der Waals surface area contributed by atoms with Gasteiger partial charge in [0.2, 0.25) is 0 Å². The van der Waals surface area contributed by atoms with Gasteiger partial charge in [-0.05, 0) is 6.07 Å². The Balaban J connectivity index is 0.000000487. The highest BCUT2D eigenvalue weighted by molar-refractivity contribution is 9.04. The van der Waals surface area contributed by atoms with Crippen LogP contribution < -0.4 is 0 Å². The normalized spacial score (nSPS) is 8.88. The maximum absolute atomic E-state index is 10.2. The summed E-state index contributed by atoms with van der Waals surface area (Å²) in [6.45, 7) is 0. The van der Waals surface area contributed by atoms with Crippen LogP contribution in [0, 0.1) is 20.2 Å². The van der Waals surface area contributed by atoms with Crippen LogP contribution in [0.2, 0.25) is 0 Å². The summed E-state index contributed by atoms with van der Waals surface area (Å²) < 4.78 is 7.68. The van der Waals surface area contributed by atoms with Crippen LogP contribution in [0.3, 0.4) is 0 Å². The monoisotopic (exact) mass is 282 g/mol. The highest BCUT2D eigenvalue weighted by Gasteiger charge is 2.11. The average Bonchev–Trinajstić information content (AvgIpc) is 2.29. The van der Waals surface area contributed by atoms with Crippen molar-refractivity contribution in [2.24, 2.45) is 0 Å². The van der Waals surface area contributed by atoms with E-state index in [-0.39, 0.29) is 11.4 Å². The lowest BCUT2D eigenvalue weighted by molar-refractivity contribution is -0.394. The fraction of sp³-hybridized carbons (Fsp3) is 0. The van der Waals surface area contributed by atoms with Crippen LogP contribution >= 0.6 is 32.6 Å². The molecule has 88 valence electrons. The first kappa shape index (κ1) is 15.0. The number of non-ortho nitro benzene ring substituents is 2. The minimum Gasteiger partial charge on any atom is -0.320 e. The Bertz CT molecular complexity index is 344. The van der Waals surface area contributed by atoms with Crippen molar-refractivity contribution in [1.29, 1.82) is 0 Å². The molecule has 0 atom stereocenters. The molecule has 1 rings (SSSR count). The Morgan fingerprint density at radius 3 is 1.81 bits per heavy atom. The molecule has 0 radical (unpaired) electrons. The van der Waals surface area contributed by atoms with Gasteiger partial charge in [-0.15, -0.1) is 0 Å². The minimum atomic E-state index is -0.674. The van der Waals surface area contributed by atoms with Crippen LogP contribution in [0.25, 0.3) is 0 Å². The van der Waals surface area contributed by atoms with Crippen LogP contribution in [0.1, 0.15) is 0 Å². The Morgan fingerprint density at radius 2 is 1.56 bits per heavy atom. The van der Waals surface area contributed by atoms with E-state index >= 15 is 0 Å². The maximum Gasteiger partial charge on any atom is 0.276 e. The molecule has 0 aliphatic rings. The number of nitro groups is 2. The third-order valence-electron chi connectivity index (χ3n) is 1.28. The molecule has 0 unspecified atom stereocenters. The van der Waals surface area contributed by atoms with Crippen molar-refractivity contribution in [3.63, 3.8) is 0 Å². The second-order valence-electron chi connectivity index (χ2n) is 2.18. The fourth-order valence-electron chi connectivity index (χ4n) is 0.720. The lowest BCUT2D eigenvalue weighted by Crippen LogP contribution is -1.91. The SMILES string of the molecule is O=[N+]([O-])c1cccc([N+](=O)[O-])c1.OSSS. The number of hydrogen-bond donors (Lipinski definition) is 2. The largest absolute Gasteiger partial charge is 0.320 e. The number of nitrogens with zero attached hydrogens (tertiary/aromatic N) is 2. The summed E-state index contributed by atoms with van der Waals surface area (Å²) in [5.41, 5.74) is -0.548. The molecule has 1 aromatic carbocycles. The highest BCUT2D eigenvalue weighted by Crippen LogP contribution is 2.19. The average molecular weight is 282 g/mol. The molecule has 0 amide bonds. The summed E-state index contributed by atoms with van der Waals surface area (Å²) >= 11 is 4.19. The second-order valence-corrected chi connectivity index (χ2v) is 4.72. The number of thiol groups is 1. The third-order valence-corrected chi connectivity index (χ3v) is 2.15. The van der Waals surface area contributed by atoms with Crippen LogP contribution in [0.4, 0.5) is 11.4 Å². The van der Waals surface area contributed by atoms with Crippen molar-refractivity contribution in [2.45, 2.75) is 0 Å². The van der Waals surface area contributed by atoms with Crippen LogP contribution in [-0.2, 0) is 0 Å². The molecule has 7 nitrogen and oxygen atoms in total. The van der Waals surface area contributed by atoms with E-state index in [2.05, 4.69) is 11.7 Å². The molecule has 0 saturated heterocycles. The van der Waals surface area contributed by atoms with Crippen LogP contribution in [0.5, 0.6) is 0 Å². The first-order chi connectivity index (χ1) is 7.52. The molecule has 0 aliphatic heterocycles. The molecule has 0 spiro atoms. The second kappa shape index (κ2) is 8.21. The molecule has 16 heavy (non-hydrogen) atoms. The van der Waals surface area contributed by atoms with Gasteiger partial charge in [0.05, 0.1) is 27.0 Å². The van der Waals surface area contributed by atoms with E-state index in [9.17, 15) is 20.2 Å². The van der Waals surface area contributed by atoms with Crippen LogP contribution in [-0.4, -0.2) is 14.4 Å². The first-order valence-corrected chi connectivity index (χ1v) is 6.69. The maximum atomic E-state index is 10.2. The van der Waals surface area contributed by atoms with E-state index in [0.29, 0.717) is 11.1 Å². The Morgan fingerprint density at radius 1 is 1.19 bits per heavy atom. The zero-order chi connectivity index (χ0) is 12.6. The number of benzene rings is 1. The van der Waals surface area contributed by atoms with Gasteiger partial charge in [0.1, 0.15) is 0 Å². The van der Waals surface area contributed by atoms with Gasteiger partial charge >= 0.3 is 0 Å². The molecule has 0 aromatic heterocycles. The van der Waals surface area contributed by atoms with Crippen molar-refractivity contribution in [3.8, 4) is 0 Å². The van der Waals surface area contributed by atoms with Gasteiger partial charge in [0, 0.05) is 22.0 Å². The lowest BCUT2D eigenvalue weighted by atomic mass is 10.3. The molecule has 0 saturated carbocycles. The van der Waals surface area contributed by atoms with E-state index in [1.54, 1.807) is 0 Å². The van der Waals surface area contributed by atoms with Gasteiger partial charge in [-0.1, -0.05) is 11.7 Å². The Kier molecular flexibility index (Phi) is 7.72. The van der Waals surface area contributed by atoms with Crippen molar-refractivity contribution in [1.82, 2.24) is 0 Å². The molecule has 10 heteroatoms. The van der Waals surface area contributed by atoms with Crippen molar-refractivity contribution < 1.29 is 14.4 Å². The first-order valence-electron chi connectivity index (χ1n) is 3.53.